The van der Waals surface area contributed by atoms with Crippen LogP contribution in [0.2, 0.25) is 0 Å². The lowest BCUT2D eigenvalue weighted by molar-refractivity contribution is -0.124. The number of likely N-dealkylation sites (N-methyl/N-ethyl adjacent to an activating group) is 1. The molecule has 0 aromatic heterocycles. The molecule has 37 heavy (non-hydrogen) atoms. The van der Waals surface area contributed by atoms with E-state index in [1.54, 1.807) is 6.07 Å². The zero-order valence-electron chi connectivity index (χ0n) is 21.0. The molecule has 2 bridgehead atoms. The Morgan fingerprint density at radius 1 is 1.14 bits per heavy atom. The molecule has 5 aliphatic rings. The summed E-state index contributed by atoms with van der Waals surface area (Å²) < 4.78 is 12.0. The number of likely N-dealkylation sites (tertiary alicyclic amines) is 1. The van der Waals surface area contributed by atoms with Crippen molar-refractivity contribution in [3.8, 4) is 11.5 Å². The van der Waals surface area contributed by atoms with Crippen LogP contribution in [0.3, 0.4) is 0 Å². The monoisotopic (exact) mass is 554 g/mol. The number of amides is 2. The van der Waals surface area contributed by atoms with Gasteiger partial charge in [-0.2, -0.15) is 0 Å². The number of nitrogens with one attached hydrogen (secondary N) is 2. The van der Waals surface area contributed by atoms with E-state index in [0.717, 1.165) is 50.9 Å². The first-order valence-corrected chi connectivity index (χ1v) is 12.9. The number of carbonyl (C=O) groups excluding carboxylic acids is 2. The molecule has 2 saturated heterocycles. The number of halogens is 2. The van der Waals surface area contributed by atoms with Gasteiger partial charge in [0.1, 0.15) is 18.8 Å². The van der Waals surface area contributed by atoms with Gasteiger partial charge in [-0.25, -0.2) is 9.80 Å². The molecule has 0 saturated carbocycles. The predicted molar refractivity (Wildman–Crippen MR) is 143 cm³/mol. The van der Waals surface area contributed by atoms with Crippen molar-refractivity contribution in [3.63, 3.8) is 0 Å². The van der Waals surface area contributed by atoms with Gasteiger partial charge in [0.05, 0.1) is 0 Å². The Bertz CT molecular complexity index is 1060. The van der Waals surface area contributed by atoms with E-state index >= 15 is 0 Å². The van der Waals surface area contributed by atoms with E-state index in [1.807, 2.05) is 17.2 Å². The fourth-order valence-electron chi connectivity index (χ4n) is 7.00. The smallest absolute Gasteiger partial charge is 0.413 e. The van der Waals surface area contributed by atoms with Gasteiger partial charge in [-0.05, 0) is 50.9 Å². The number of hydrazine groups is 1. The van der Waals surface area contributed by atoms with Crippen molar-refractivity contribution >= 4 is 36.8 Å². The summed E-state index contributed by atoms with van der Waals surface area (Å²) in [7, 11) is 2.16. The van der Waals surface area contributed by atoms with Crippen molar-refractivity contribution in [3.05, 3.63) is 35.4 Å². The number of rotatable bonds is 4. The number of hydrogen-bond acceptors (Lipinski definition) is 7. The highest BCUT2D eigenvalue weighted by atomic mass is 35.5. The first-order valence-electron chi connectivity index (χ1n) is 12.9. The normalized spacial score (nSPS) is 31.5. The predicted octanol–water partition coefficient (Wildman–Crippen LogP) is 2.33. The highest BCUT2D eigenvalue weighted by Gasteiger charge is 2.64. The molecule has 3 N–H and O–H groups in total. The first-order chi connectivity index (χ1) is 17.0. The Morgan fingerprint density at radius 2 is 1.89 bits per heavy atom. The molecule has 9 nitrogen and oxygen atoms in total. The van der Waals surface area contributed by atoms with Crippen LogP contribution >= 0.6 is 24.8 Å². The summed E-state index contributed by atoms with van der Waals surface area (Å²) >= 11 is 0. The van der Waals surface area contributed by atoms with E-state index in [1.165, 1.54) is 18.4 Å². The molecular formula is C26H36Cl2N4O5. The van der Waals surface area contributed by atoms with E-state index in [-0.39, 0.29) is 48.6 Å². The first kappa shape index (κ1) is 28.0. The minimum Gasteiger partial charge on any atom is -0.482 e. The van der Waals surface area contributed by atoms with E-state index < -0.39 is 18.3 Å². The lowest BCUT2D eigenvalue weighted by atomic mass is 9.53. The Labute approximate surface area is 229 Å². The van der Waals surface area contributed by atoms with E-state index in [0.29, 0.717) is 17.5 Å². The molecule has 2 unspecified atom stereocenters. The van der Waals surface area contributed by atoms with Gasteiger partial charge in [0.15, 0.2) is 11.5 Å². The lowest BCUT2D eigenvalue weighted by Gasteiger charge is -2.56. The van der Waals surface area contributed by atoms with Crippen molar-refractivity contribution in [2.75, 3.05) is 33.2 Å². The molecule has 2 fully saturated rings. The summed E-state index contributed by atoms with van der Waals surface area (Å²) in [5.74, 6) is 0.873. The van der Waals surface area contributed by atoms with Crippen LogP contribution < -0.4 is 20.2 Å². The minimum absolute atomic E-state index is 0. The van der Waals surface area contributed by atoms with Crippen molar-refractivity contribution < 1.29 is 24.2 Å². The Kier molecular flexibility index (Phi) is 8.30. The minimum atomic E-state index is -0.710. The molecule has 1 spiro atoms. The average molecular weight is 556 g/mol. The zero-order valence-corrected chi connectivity index (χ0v) is 22.6. The third-order valence-electron chi connectivity index (χ3n) is 8.62. The van der Waals surface area contributed by atoms with Gasteiger partial charge in [0, 0.05) is 36.0 Å². The molecule has 11 heteroatoms. The SMILES string of the molecule is CN1CC[C@]23c4c5ccc(OC(=O)NCC(=O)NN6CCCCCC6)c4O[C@H]2[C@@H](O)C=CC3C1C5.Cl.Cl. The highest BCUT2D eigenvalue weighted by Crippen LogP contribution is 2.62. The topological polar surface area (TPSA) is 103 Å². The van der Waals surface area contributed by atoms with E-state index in [2.05, 4.69) is 28.8 Å². The van der Waals surface area contributed by atoms with Crippen molar-refractivity contribution in [2.45, 2.75) is 62.2 Å². The number of aliphatic hydroxyl groups excluding tert-OH is 1. The van der Waals surface area contributed by atoms with Gasteiger partial charge >= 0.3 is 6.09 Å². The summed E-state index contributed by atoms with van der Waals surface area (Å²) in [5.41, 5.74) is 4.84. The fraction of sp³-hybridized carbons (Fsp3) is 0.615. The van der Waals surface area contributed by atoms with Gasteiger partial charge in [0.25, 0.3) is 5.91 Å². The van der Waals surface area contributed by atoms with Crippen LogP contribution in [-0.2, 0) is 16.6 Å². The van der Waals surface area contributed by atoms with Gasteiger partial charge in [-0.1, -0.05) is 31.1 Å². The van der Waals surface area contributed by atoms with Gasteiger partial charge in [-0.3, -0.25) is 10.2 Å². The van der Waals surface area contributed by atoms with Crippen LogP contribution in [0.5, 0.6) is 11.5 Å². The average Bonchev–Trinajstić information content (AvgIpc) is 2.99. The summed E-state index contributed by atoms with van der Waals surface area (Å²) in [6.07, 6.45) is 8.45. The number of ether oxygens (including phenoxy) is 2. The van der Waals surface area contributed by atoms with Crippen molar-refractivity contribution in [2.24, 2.45) is 5.92 Å². The maximum Gasteiger partial charge on any atom is 0.413 e. The number of piperidine rings is 1. The largest absolute Gasteiger partial charge is 0.482 e. The molecule has 1 aromatic rings. The molecule has 6 rings (SSSR count). The second-order valence-electron chi connectivity index (χ2n) is 10.6. The Balaban J connectivity index is 0.00000160. The summed E-state index contributed by atoms with van der Waals surface area (Å²) in [4.78, 5) is 27.3. The standard InChI is InChI=1S/C26H34N4O5.2ClH/c1-29-13-10-26-17-7-8-19(31)24(26)35-23-20(9-6-16(22(23)26)14-18(17)29)34-25(33)27-15-21(32)28-30-11-4-2-3-5-12-30;;/h6-9,17-19,24,31H,2-5,10-15H2,1H3,(H,27,33)(H,28,32);2*1H/t17?,18?,19-,24-,26-;;/m0../s1. The summed E-state index contributed by atoms with van der Waals surface area (Å²) in [6, 6.07) is 4.15. The van der Waals surface area contributed by atoms with Crippen molar-refractivity contribution in [1.29, 1.82) is 0 Å². The van der Waals surface area contributed by atoms with Crippen LogP contribution in [0.25, 0.3) is 0 Å². The number of nitrogens with zero attached hydrogens (tertiary/aromatic N) is 2. The van der Waals surface area contributed by atoms with Crippen LogP contribution in [-0.4, -0.2) is 78.5 Å². The van der Waals surface area contributed by atoms with Crippen molar-refractivity contribution in [1.82, 2.24) is 20.7 Å². The van der Waals surface area contributed by atoms with Crippen LogP contribution in [0.15, 0.2) is 24.3 Å². The molecule has 1 aromatic carbocycles. The molecule has 204 valence electrons. The molecule has 3 heterocycles. The third-order valence-corrected chi connectivity index (χ3v) is 8.62. The quantitative estimate of drug-likeness (QED) is 0.491. The maximum absolute atomic E-state index is 12.6. The van der Waals surface area contributed by atoms with Crippen LogP contribution in [0.4, 0.5) is 4.79 Å². The van der Waals surface area contributed by atoms with Gasteiger partial charge in [-0.15, -0.1) is 24.8 Å². The second-order valence-corrected chi connectivity index (χ2v) is 10.6. The molecule has 3 aliphatic heterocycles. The molecular weight excluding hydrogens is 519 g/mol. The fourth-order valence-corrected chi connectivity index (χ4v) is 7.00. The van der Waals surface area contributed by atoms with Gasteiger partial charge < -0.3 is 24.8 Å². The molecule has 5 atom stereocenters. The van der Waals surface area contributed by atoms with Crippen LogP contribution in [0.1, 0.15) is 43.2 Å². The third kappa shape index (κ3) is 4.69. The second kappa shape index (κ2) is 11.0. The summed E-state index contributed by atoms with van der Waals surface area (Å²) in [5, 5.41) is 15.3. The number of carbonyl (C=O) groups is 2. The molecule has 0 radical (unpaired) electrons. The Hall–Kier alpha value is -2.04. The Morgan fingerprint density at radius 3 is 2.65 bits per heavy atom. The lowest BCUT2D eigenvalue weighted by Crippen LogP contribution is -2.64. The molecule has 2 aliphatic carbocycles. The number of aliphatic hydroxyl groups is 1. The van der Waals surface area contributed by atoms with E-state index in [4.69, 9.17) is 9.47 Å². The maximum atomic E-state index is 12.6. The summed E-state index contributed by atoms with van der Waals surface area (Å²) in [6.45, 7) is 2.42. The highest BCUT2D eigenvalue weighted by molar-refractivity contribution is 5.85. The number of benzene rings is 1. The number of hydrogen-bond donors (Lipinski definition) is 3. The molecule has 2 amide bonds. The van der Waals surface area contributed by atoms with Gasteiger partial charge in [0.2, 0.25) is 0 Å². The van der Waals surface area contributed by atoms with Crippen LogP contribution in [0, 0.1) is 5.92 Å². The zero-order chi connectivity index (χ0) is 24.2. The van der Waals surface area contributed by atoms with E-state index in [9.17, 15) is 14.7 Å².